The number of halogens is 7. The number of nitrogen functional groups attached to an aromatic ring is 1. The molecule has 0 atom stereocenters. The van der Waals surface area contributed by atoms with Crippen LogP contribution in [-0.4, -0.2) is 12.1 Å². The molecule has 0 heterocycles. The average molecular weight is 596 g/mol. The van der Waals surface area contributed by atoms with E-state index in [-0.39, 0.29) is 10.2 Å². The van der Waals surface area contributed by atoms with Crippen molar-refractivity contribution >= 4 is 81.0 Å². The fourth-order valence-corrected chi connectivity index (χ4v) is 4.45. The number of benzene rings is 2. The lowest BCUT2D eigenvalue weighted by molar-refractivity contribution is -0.167. The Kier molecular flexibility index (Phi) is 6.04. The second kappa shape index (κ2) is 7.35. The van der Waals surface area contributed by atoms with Gasteiger partial charge in [-0.2, -0.15) is 13.2 Å². The van der Waals surface area contributed by atoms with Crippen LogP contribution in [0, 0.1) is 0 Å². The molecule has 10 heteroatoms. The standard InChI is InChI=1S/C14H7Br4F3N2O/c15-5-1-7(11(22)9(17)3-5)8-2-6(16)4-10(18)12(8)23-13(24)14(19,20)21/h1-4H,22H2,(H,23,24). The number of amides is 1. The third-order valence-corrected chi connectivity index (χ3v) is 5.13. The van der Waals surface area contributed by atoms with E-state index >= 15 is 0 Å². The van der Waals surface area contributed by atoms with Crippen molar-refractivity contribution in [2.75, 3.05) is 11.1 Å². The summed E-state index contributed by atoms with van der Waals surface area (Å²) in [6, 6.07) is 6.46. The highest BCUT2D eigenvalue weighted by Gasteiger charge is 2.39. The summed E-state index contributed by atoms with van der Waals surface area (Å²) in [7, 11) is 0. The molecule has 2 rings (SSSR count). The zero-order chi connectivity index (χ0) is 18.2. The van der Waals surface area contributed by atoms with E-state index in [1.165, 1.54) is 6.07 Å². The molecule has 24 heavy (non-hydrogen) atoms. The predicted molar refractivity (Wildman–Crippen MR) is 102 cm³/mol. The van der Waals surface area contributed by atoms with Crippen LogP contribution in [0.1, 0.15) is 0 Å². The van der Waals surface area contributed by atoms with Crippen LogP contribution in [0.15, 0.2) is 42.2 Å². The van der Waals surface area contributed by atoms with E-state index in [1.54, 1.807) is 18.2 Å². The van der Waals surface area contributed by atoms with Crippen LogP contribution in [-0.2, 0) is 4.79 Å². The molecule has 0 bridgehead atoms. The van der Waals surface area contributed by atoms with Gasteiger partial charge in [-0.25, -0.2) is 0 Å². The number of alkyl halides is 3. The maximum atomic E-state index is 12.6. The number of carbonyl (C=O) groups is 1. The van der Waals surface area contributed by atoms with Crippen molar-refractivity contribution < 1.29 is 18.0 Å². The number of carbonyl (C=O) groups excluding carboxylic acids is 1. The highest BCUT2D eigenvalue weighted by atomic mass is 79.9. The molecule has 0 aliphatic rings. The third-order valence-electron chi connectivity index (χ3n) is 2.94. The van der Waals surface area contributed by atoms with E-state index in [0.717, 1.165) is 0 Å². The first-order valence-corrected chi connectivity index (χ1v) is 9.30. The molecule has 0 radical (unpaired) electrons. The molecule has 0 saturated heterocycles. The Hall–Kier alpha value is -0.580. The van der Waals surface area contributed by atoms with Crippen molar-refractivity contribution in [2.24, 2.45) is 0 Å². The first-order chi connectivity index (χ1) is 11.0. The molecule has 0 fully saturated rings. The number of nitrogens with one attached hydrogen (secondary N) is 1. The quantitative estimate of drug-likeness (QED) is 0.390. The van der Waals surface area contributed by atoms with Crippen LogP contribution in [0.3, 0.4) is 0 Å². The van der Waals surface area contributed by atoms with Crippen LogP contribution in [0.5, 0.6) is 0 Å². The zero-order valence-corrected chi connectivity index (χ0v) is 17.8. The van der Waals surface area contributed by atoms with E-state index < -0.39 is 12.1 Å². The summed E-state index contributed by atoms with van der Waals surface area (Å²) >= 11 is 13.1. The van der Waals surface area contributed by atoms with E-state index in [2.05, 4.69) is 63.7 Å². The molecule has 128 valence electrons. The van der Waals surface area contributed by atoms with Crippen molar-refractivity contribution in [1.29, 1.82) is 0 Å². The maximum Gasteiger partial charge on any atom is 0.471 e. The Labute approximate surface area is 168 Å². The Morgan fingerprint density at radius 2 is 1.42 bits per heavy atom. The van der Waals surface area contributed by atoms with Gasteiger partial charge in [0.1, 0.15) is 0 Å². The number of hydrogen-bond acceptors (Lipinski definition) is 2. The Morgan fingerprint density at radius 3 is 1.96 bits per heavy atom. The smallest absolute Gasteiger partial charge is 0.397 e. The monoisotopic (exact) mass is 592 g/mol. The van der Waals surface area contributed by atoms with E-state index in [4.69, 9.17) is 5.73 Å². The molecule has 0 aliphatic carbocycles. The molecule has 1 amide bonds. The van der Waals surface area contributed by atoms with Gasteiger partial charge in [-0.3, -0.25) is 4.79 Å². The SMILES string of the molecule is Nc1c(Br)cc(Br)cc1-c1cc(Br)cc(Br)c1NC(=O)C(F)(F)F. The van der Waals surface area contributed by atoms with Crippen molar-refractivity contribution in [3.05, 3.63) is 42.2 Å². The lowest BCUT2D eigenvalue weighted by atomic mass is 10.0. The van der Waals surface area contributed by atoms with Crippen LogP contribution in [0.25, 0.3) is 11.1 Å². The fourth-order valence-electron chi connectivity index (χ4n) is 1.91. The van der Waals surface area contributed by atoms with Gasteiger partial charge >= 0.3 is 12.1 Å². The molecule has 2 aromatic rings. The molecule has 0 aromatic heterocycles. The van der Waals surface area contributed by atoms with Crippen molar-refractivity contribution in [3.8, 4) is 11.1 Å². The molecule has 0 spiro atoms. The van der Waals surface area contributed by atoms with Gasteiger partial charge in [-0.1, -0.05) is 31.9 Å². The minimum absolute atomic E-state index is 0.0303. The molecular weight excluding hydrogens is 589 g/mol. The molecule has 3 N–H and O–H groups in total. The second-order valence-corrected chi connectivity index (χ2v) is 8.15. The number of nitrogens with two attached hydrogens (primary N) is 1. The minimum atomic E-state index is -5.01. The number of hydrogen-bond donors (Lipinski definition) is 2. The zero-order valence-electron chi connectivity index (χ0n) is 11.4. The first kappa shape index (κ1) is 19.7. The predicted octanol–water partition coefficient (Wildman–Crippen LogP) is 6.49. The summed E-state index contributed by atoms with van der Waals surface area (Å²) in [5.41, 5.74) is 7.11. The van der Waals surface area contributed by atoms with Crippen LogP contribution < -0.4 is 11.1 Å². The lowest BCUT2D eigenvalue weighted by Gasteiger charge is -2.17. The van der Waals surface area contributed by atoms with E-state index in [9.17, 15) is 18.0 Å². The van der Waals surface area contributed by atoms with Gasteiger partial charge in [0.05, 0.1) is 11.4 Å². The second-order valence-electron chi connectivity index (χ2n) is 4.61. The normalized spacial score (nSPS) is 11.5. The van der Waals surface area contributed by atoms with Crippen molar-refractivity contribution in [2.45, 2.75) is 6.18 Å². The molecule has 0 unspecified atom stereocenters. The fraction of sp³-hybridized carbons (Fsp3) is 0.0714. The third kappa shape index (κ3) is 4.33. The molecule has 0 saturated carbocycles. The average Bonchev–Trinajstić information content (AvgIpc) is 2.44. The molecule has 0 aliphatic heterocycles. The van der Waals surface area contributed by atoms with Crippen molar-refractivity contribution in [1.82, 2.24) is 0 Å². The molecule has 3 nitrogen and oxygen atoms in total. The summed E-state index contributed by atoms with van der Waals surface area (Å²) in [5.74, 6) is -2.07. The highest BCUT2D eigenvalue weighted by Crippen LogP contribution is 2.43. The van der Waals surface area contributed by atoms with Crippen LogP contribution >= 0.6 is 63.7 Å². The van der Waals surface area contributed by atoms with E-state index in [1.807, 2.05) is 5.32 Å². The highest BCUT2D eigenvalue weighted by molar-refractivity contribution is 9.11. The topological polar surface area (TPSA) is 55.1 Å². The Morgan fingerprint density at radius 1 is 0.917 bits per heavy atom. The molecule has 2 aromatic carbocycles. The van der Waals surface area contributed by atoms with Crippen molar-refractivity contribution in [3.63, 3.8) is 0 Å². The molecular formula is C14H7Br4F3N2O. The minimum Gasteiger partial charge on any atom is -0.397 e. The largest absolute Gasteiger partial charge is 0.471 e. The van der Waals surface area contributed by atoms with Gasteiger partial charge in [-0.15, -0.1) is 0 Å². The summed E-state index contributed by atoms with van der Waals surface area (Å²) < 4.78 is 39.9. The summed E-state index contributed by atoms with van der Waals surface area (Å²) in [4.78, 5) is 11.4. The number of anilines is 2. The summed E-state index contributed by atoms with van der Waals surface area (Å²) in [5, 5.41) is 1.89. The van der Waals surface area contributed by atoms with Gasteiger partial charge in [0.2, 0.25) is 0 Å². The Bertz CT molecular complexity index is 825. The van der Waals surface area contributed by atoms with Gasteiger partial charge in [0.15, 0.2) is 0 Å². The lowest BCUT2D eigenvalue weighted by Crippen LogP contribution is -2.30. The van der Waals surface area contributed by atoms with Crippen LogP contribution in [0.2, 0.25) is 0 Å². The van der Waals surface area contributed by atoms with E-state index in [0.29, 0.717) is 30.2 Å². The Balaban J connectivity index is 2.69. The summed E-state index contributed by atoms with van der Waals surface area (Å²) in [6.45, 7) is 0. The van der Waals surface area contributed by atoms with Gasteiger partial charge in [0, 0.05) is 29.0 Å². The number of rotatable bonds is 2. The van der Waals surface area contributed by atoms with Gasteiger partial charge < -0.3 is 11.1 Å². The van der Waals surface area contributed by atoms with Gasteiger partial charge in [-0.05, 0) is 56.1 Å². The van der Waals surface area contributed by atoms with Crippen LogP contribution in [0.4, 0.5) is 24.5 Å². The van der Waals surface area contributed by atoms with Gasteiger partial charge in [0.25, 0.3) is 0 Å². The summed E-state index contributed by atoms with van der Waals surface area (Å²) in [6.07, 6.45) is -5.01. The first-order valence-electron chi connectivity index (χ1n) is 6.13. The maximum absolute atomic E-state index is 12.6.